The number of alkyl halides is 3. The van der Waals surface area contributed by atoms with Gasteiger partial charge in [-0.3, -0.25) is 0 Å². The Kier molecular flexibility index (Phi) is 5.64. The van der Waals surface area contributed by atoms with Gasteiger partial charge in [-0.05, 0) is 38.0 Å². The normalized spacial score (nSPS) is 30.5. The molecule has 1 nitrogen and oxygen atoms in total. The first kappa shape index (κ1) is 15.2. The predicted molar refractivity (Wildman–Crippen MR) is 66.9 cm³/mol. The topological polar surface area (TPSA) is 26.0 Å². The smallest absolute Gasteiger partial charge is 0.325 e. The third-order valence-electron chi connectivity index (χ3n) is 3.66. The van der Waals surface area contributed by atoms with Crippen LogP contribution in [0, 0.1) is 5.92 Å². The fraction of sp³-hybridized carbons (Fsp3) is 1.00. The Bertz CT molecular complexity index is 222. The van der Waals surface area contributed by atoms with E-state index in [9.17, 15) is 13.2 Å². The molecule has 0 atom stereocenters. The fourth-order valence-electron chi connectivity index (χ4n) is 2.57. The molecule has 0 saturated heterocycles. The Morgan fingerprint density at radius 2 is 1.88 bits per heavy atom. The van der Waals surface area contributed by atoms with Crippen LogP contribution >= 0.6 is 11.8 Å². The number of thioether (sulfide) groups is 1. The number of hydrogen-bond donors (Lipinski definition) is 1. The van der Waals surface area contributed by atoms with Crippen molar-refractivity contribution in [1.82, 2.24) is 0 Å². The second-order valence-electron chi connectivity index (χ2n) is 5.14. The van der Waals surface area contributed by atoms with E-state index < -0.39 is 5.51 Å². The summed E-state index contributed by atoms with van der Waals surface area (Å²) in [4.78, 5) is 0. The van der Waals surface area contributed by atoms with Gasteiger partial charge in [0.25, 0.3) is 0 Å². The molecule has 0 spiro atoms. The van der Waals surface area contributed by atoms with E-state index in [0.29, 0.717) is 6.42 Å². The second-order valence-corrected chi connectivity index (χ2v) is 6.30. The zero-order valence-electron chi connectivity index (χ0n) is 10.4. The van der Waals surface area contributed by atoms with Crippen molar-refractivity contribution in [2.75, 3.05) is 5.75 Å². The minimum Gasteiger partial charge on any atom is -0.325 e. The molecule has 1 fully saturated rings. The van der Waals surface area contributed by atoms with E-state index in [1.165, 1.54) is 12.8 Å². The molecule has 0 radical (unpaired) electrons. The number of rotatable bonds is 5. The van der Waals surface area contributed by atoms with E-state index in [1.807, 2.05) is 0 Å². The van der Waals surface area contributed by atoms with Crippen molar-refractivity contribution in [2.24, 2.45) is 11.7 Å². The third kappa shape index (κ3) is 6.00. The molecule has 1 saturated carbocycles. The Hall–Kier alpha value is 0.100. The van der Waals surface area contributed by atoms with Gasteiger partial charge in [-0.1, -0.05) is 31.5 Å². The molecule has 17 heavy (non-hydrogen) atoms. The van der Waals surface area contributed by atoms with E-state index in [2.05, 4.69) is 6.92 Å². The van der Waals surface area contributed by atoms with Gasteiger partial charge in [-0.25, -0.2) is 0 Å². The quantitative estimate of drug-likeness (QED) is 0.804. The molecule has 0 aromatic carbocycles. The van der Waals surface area contributed by atoms with E-state index in [0.717, 1.165) is 31.6 Å². The van der Waals surface area contributed by atoms with Crippen LogP contribution in [0.15, 0.2) is 0 Å². The Morgan fingerprint density at radius 1 is 1.29 bits per heavy atom. The van der Waals surface area contributed by atoms with Crippen molar-refractivity contribution >= 4 is 11.8 Å². The minimum absolute atomic E-state index is 0.0568. The van der Waals surface area contributed by atoms with Gasteiger partial charge in [-0.2, -0.15) is 13.2 Å². The number of halogens is 3. The molecular weight excluding hydrogens is 247 g/mol. The summed E-state index contributed by atoms with van der Waals surface area (Å²) in [5.41, 5.74) is 1.71. The molecule has 1 aliphatic carbocycles. The van der Waals surface area contributed by atoms with Crippen molar-refractivity contribution in [1.29, 1.82) is 0 Å². The highest BCUT2D eigenvalue weighted by Crippen LogP contribution is 2.37. The molecule has 102 valence electrons. The van der Waals surface area contributed by atoms with Crippen molar-refractivity contribution < 1.29 is 13.2 Å². The van der Waals surface area contributed by atoms with E-state index in [4.69, 9.17) is 5.73 Å². The molecule has 0 heterocycles. The fourth-order valence-corrected chi connectivity index (χ4v) is 3.31. The van der Waals surface area contributed by atoms with Crippen molar-refractivity contribution in [3.05, 3.63) is 0 Å². The van der Waals surface area contributed by atoms with Crippen LogP contribution in [0.4, 0.5) is 13.2 Å². The lowest BCUT2D eigenvalue weighted by Crippen LogP contribution is -2.43. The predicted octanol–water partition coefficient (Wildman–Crippen LogP) is 4.32. The van der Waals surface area contributed by atoms with Gasteiger partial charge in [0.2, 0.25) is 0 Å². The molecule has 1 aliphatic rings. The highest BCUT2D eigenvalue weighted by molar-refractivity contribution is 8.00. The molecule has 0 aromatic rings. The van der Waals surface area contributed by atoms with Crippen LogP contribution in [0.3, 0.4) is 0 Å². The summed E-state index contributed by atoms with van der Waals surface area (Å²) in [6, 6.07) is 0. The van der Waals surface area contributed by atoms with Gasteiger partial charge in [0, 0.05) is 11.3 Å². The summed E-state index contributed by atoms with van der Waals surface area (Å²) < 4.78 is 36.1. The molecular formula is C12H22F3NS. The van der Waals surface area contributed by atoms with E-state index in [1.54, 1.807) is 0 Å². The van der Waals surface area contributed by atoms with Crippen LogP contribution in [0.2, 0.25) is 0 Å². The van der Waals surface area contributed by atoms with Gasteiger partial charge in [0.1, 0.15) is 0 Å². The summed E-state index contributed by atoms with van der Waals surface area (Å²) in [6.45, 7) is 2.17. The lowest BCUT2D eigenvalue weighted by atomic mass is 9.74. The summed E-state index contributed by atoms with van der Waals surface area (Å²) >= 11 is 0.0568. The zero-order chi connectivity index (χ0) is 12.9. The van der Waals surface area contributed by atoms with Gasteiger partial charge >= 0.3 is 5.51 Å². The standard InChI is InChI=1S/C12H22F3NS/c1-2-3-10-4-6-11(16,7-5-10)8-9-17-12(13,14)15/h10H,2-9,16H2,1H3. The van der Waals surface area contributed by atoms with Crippen molar-refractivity contribution in [3.63, 3.8) is 0 Å². The summed E-state index contributed by atoms with van der Waals surface area (Å²) in [6.07, 6.45) is 6.84. The number of hydrogen-bond acceptors (Lipinski definition) is 2. The molecule has 0 aliphatic heterocycles. The molecule has 0 amide bonds. The summed E-state index contributed by atoms with van der Waals surface area (Å²) in [7, 11) is 0. The van der Waals surface area contributed by atoms with Crippen LogP contribution < -0.4 is 5.73 Å². The molecule has 0 aromatic heterocycles. The third-order valence-corrected chi connectivity index (χ3v) is 4.40. The lowest BCUT2D eigenvalue weighted by molar-refractivity contribution is -0.0328. The maximum absolute atomic E-state index is 12.0. The Morgan fingerprint density at radius 3 is 2.35 bits per heavy atom. The van der Waals surface area contributed by atoms with Crippen LogP contribution in [0.25, 0.3) is 0 Å². The van der Waals surface area contributed by atoms with Crippen LogP contribution in [0.5, 0.6) is 0 Å². The minimum atomic E-state index is -4.12. The van der Waals surface area contributed by atoms with Crippen LogP contribution in [-0.2, 0) is 0 Å². The van der Waals surface area contributed by atoms with E-state index in [-0.39, 0.29) is 23.1 Å². The van der Waals surface area contributed by atoms with Gasteiger partial charge in [0.15, 0.2) is 0 Å². The first-order valence-corrected chi connectivity index (χ1v) is 7.33. The van der Waals surface area contributed by atoms with Crippen LogP contribution in [-0.4, -0.2) is 16.8 Å². The van der Waals surface area contributed by atoms with Gasteiger partial charge < -0.3 is 5.73 Å². The Balaban J connectivity index is 2.25. The molecule has 0 bridgehead atoms. The first-order valence-electron chi connectivity index (χ1n) is 6.34. The highest BCUT2D eigenvalue weighted by atomic mass is 32.2. The number of nitrogens with two attached hydrogens (primary N) is 1. The molecule has 5 heteroatoms. The summed E-state index contributed by atoms with van der Waals surface area (Å²) in [5, 5.41) is 0. The summed E-state index contributed by atoms with van der Waals surface area (Å²) in [5.74, 6) is 0.838. The average Bonchev–Trinajstić information content (AvgIpc) is 2.20. The lowest BCUT2D eigenvalue weighted by Gasteiger charge is -2.37. The second kappa shape index (κ2) is 6.32. The van der Waals surface area contributed by atoms with Crippen molar-refractivity contribution in [2.45, 2.75) is 62.9 Å². The molecule has 2 N–H and O–H groups in total. The first-order chi connectivity index (χ1) is 7.85. The molecule has 0 unspecified atom stereocenters. The SMILES string of the molecule is CCCC1CCC(N)(CCSC(F)(F)F)CC1. The van der Waals surface area contributed by atoms with E-state index >= 15 is 0 Å². The maximum Gasteiger partial charge on any atom is 0.441 e. The van der Waals surface area contributed by atoms with Crippen LogP contribution in [0.1, 0.15) is 51.9 Å². The Labute approximate surface area is 106 Å². The van der Waals surface area contributed by atoms with Gasteiger partial charge in [-0.15, -0.1) is 0 Å². The van der Waals surface area contributed by atoms with Crippen molar-refractivity contribution in [3.8, 4) is 0 Å². The van der Waals surface area contributed by atoms with Gasteiger partial charge in [0.05, 0.1) is 0 Å². The molecule has 1 rings (SSSR count). The average molecular weight is 269 g/mol. The monoisotopic (exact) mass is 269 g/mol. The largest absolute Gasteiger partial charge is 0.441 e. The zero-order valence-corrected chi connectivity index (χ0v) is 11.2. The highest BCUT2D eigenvalue weighted by Gasteiger charge is 2.33. The maximum atomic E-state index is 12.0.